The molecule has 4 heteroatoms. The molecule has 0 atom stereocenters. The maximum atomic E-state index is 4.10. The van der Waals surface area contributed by atoms with Crippen molar-refractivity contribution in [3.8, 4) is 0 Å². The summed E-state index contributed by atoms with van der Waals surface area (Å²) in [6.07, 6.45) is 4.45. The van der Waals surface area contributed by atoms with E-state index >= 15 is 0 Å². The van der Waals surface area contributed by atoms with Crippen LogP contribution in [0.15, 0.2) is 36.9 Å². The molecule has 0 aliphatic carbocycles. The third-order valence-corrected chi connectivity index (χ3v) is 2.97. The molecule has 4 nitrogen and oxygen atoms in total. The topological polar surface area (TPSA) is 42.7 Å². The van der Waals surface area contributed by atoms with Crippen LogP contribution in [0.1, 0.15) is 32.8 Å². The largest absolute Gasteiger partial charge is 0.385 e. The maximum absolute atomic E-state index is 4.10. The third-order valence-electron chi connectivity index (χ3n) is 2.97. The Hall–Kier alpha value is -1.84. The minimum absolute atomic E-state index is 0.375. The third kappa shape index (κ3) is 4.73. The molecule has 0 unspecified atom stereocenters. The van der Waals surface area contributed by atoms with Crippen molar-refractivity contribution in [1.82, 2.24) is 14.8 Å². The zero-order valence-corrected chi connectivity index (χ0v) is 11.9. The summed E-state index contributed by atoms with van der Waals surface area (Å²) in [5, 5.41) is 7.55. The highest BCUT2D eigenvalue weighted by atomic mass is 15.3. The summed E-state index contributed by atoms with van der Waals surface area (Å²) in [7, 11) is 0. The van der Waals surface area contributed by atoms with Crippen LogP contribution in [0.3, 0.4) is 0 Å². The molecular weight excluding hydrogens is 236 g/mol. The van der Waals surface area contributed by atoms with Crippen LogP contribution in [0, 0.1) is 5.41 Å². The summed E-state index contributed by atoms with van der Waals surface area (Å²) in [6, 6.07) is 8.49. The molecular formula is C15H22N4. The van der Waals surface area contributed by atoms with E-state index in [2.05, 4.69) is 60.4 Å². The Kier molecular flexibility index (Phi) is 4.20. The lowest BCUT2D eigenvalue weighted by Gasteiger charge is -2.18. The van der Waals surface area contributed by atoms with Crippen LogP contribution in [0.25, 0.3) is 0 Å². The van der Waals surface area contributed by atoms with Gasteiger partial charge >= 0.3 is 0 Å². The lowest BCUT2D eigenvalue weighted by molar-refractivity contribution is 0.390. The van der Waals surface area contributed by atoms with Crippen molar-refractivity contribution in [3.05, 3.63) is 42.5 Å². The molecule has 0 aliphatic heterocycles. The van der Waals surface area contributed by atoms with Crippen LogP contribution < -0.4 is 5.32 Å². The first-order valence-electron chi connectivity index (χ1n) is 6.68. The highest BCUT2D eigenvalue weighted by Crippen LogP contribution is 2.18. The van der Waals surface area contributed by atoms with Crippen molar-refractivity contribution in [3.63, 3.8) is 0 Å². The molecule has 0 saturated carbocycles. The van der Waals surface area contributed by atoms with Crippen molar-refractivity contribution in [2.75, 3.05) is 11.9 Å². The standard InChI is InChI=1S/C15H22N4/c1-15(2,3)8-9-17-14-6-4-13(5-7-14)10-19-12-16-11-18-19/h4-7,11-12,17H,8-10H2,1-3H3. The predicted molar refractivity (Wildman–Crippen MR) is 78.1 cm³/mol. The van der Waals surface area contributed by atoms with Crippen LogP contribution in [0.4, 0.5) is 5.69 Å². The Morgan fingerprint density at radius 2 is 1.89 bits per heavy atom. The zero-order chi connectivity index (χ0) is 13.7. The number of rotatable bonds is 5. The lowest BCUT2D eigenvalue weighted by Crippen LogP contribution is -2.12. The Morgan fingerprint density at radius 1 is 1.16 bits per heavy atom. The molecule has 1 heterocycles. The van der Waals surface area contributed by atoms with Gasteiger partial charge in [0.1, 0.15) is 12.7 Å². The maximum Gasteiger partial charge on any atom is 0.137 e. The number of aromatic nitrogens is 3. The molecule has 102 valence electrons. The van der Waals surface area contributed by atoms with Crippen LogP contribution in [0.2, 0.25) is 0 Å². The van der Waals surface area contributed by atoms with Crippen LogP contribution in [0.5, 0.6) is 0 Å². The van der Waals surface area contributed by atoms with Gasteiger partial charge in [0, 0.05) is 12.2 Å². The van der Waals surface area contributed by atoms with Crippen molar-refractivity contribution < 1.29 is 0 Å². The van der Waals surface area contributed by atoms with Crippen LogP contribution in [-0.4, -0.2) is 21.3 Å². The summed E-state index contributed by atoms with van der Waals surface area (Å²) in [5.41, 5.74) is 2.78. The van der Waals surface area contributed by atoms with Gasteiger partial charge in [0.05, 0.1) is 6.54 Å². The second-order valence-electron chi connectivity index (χ2n) is 6.03. The fraction of sp³-hybridized carbons (Fsp3) is 0.467. The first kappa shape index (κ1) is 13.6. The normalized spacial score (nSPS) is 11.5. The van der Waals surface area contributed by atoms with Gasteiger partial charge in [-0.3, -0.25) is 0 Å². The second-order valence-corrected chi connectivity index (χ2v) is 6.03. The molecule has 0 aliphatic rings. The van der Waals surface area contributed by atoms with E-state index in [0.29, 0.717) is 5.41 Å². The number of nitrogens with one attached hydrogen (secondary N) is 1. The highest BCUT2D eigenvalue weighted by Gasteiger charge is 2.08. The molecule has 0 bridgehead atoms. The molecule has 0 spiro atoms. The summed E-state index contributed by atoms with van der Waals surface area (Å²) in [4.78, 5) is 3.94. The van der Waals surface area contributed by atoms with Gasteiger partial charge in [-0.1, -0.05) is 32.9 Å². The summed E-state index contributed by atoms with van der Waals surface area (Å²) in [5.74, 6) is 0. The van der Waals surface area contributed by atoms with E-state index in [0.717, 1.165) is 19.5 Å². The van der Waals surface area contributed by atoms with Gasteiger partial charge in [-0.25, -0.2) is 9.67 Å². The van der Waals surface area contributed by atoms with Crippen molar-refractivity contribution in [1.29, 1.82) is 0 Å². The first-order chi connectivity index (χ1) is 9.03. The second kappa shape index (κ2) is 5.87. The van der Waals surface area contributed by atoms with E-state index < -0.39 is 0 Å². The average Bonchev–Trinajstić information content (AvgIpc) is 2.83. The quantitative estimate of drug-likeness (QED) is 0.895. The molecule has 0 amide bonds. The van der Waals surface area contributed by atoms with Gasteiger partial charge in [-0.05, 0) is 29.5 Å². The molecule has 0 fully saturated rings. The summed E-state index contributed by atoms with van der Waals surface area (Å²) < 4.78 is 1.82. The first-order valence-corrected chi connectivity index (χ1v) is 6.68. The molecule has 2 aromatic rings. The number of anilines is 1. The van der Waals surface area contributed by atoms with Gasteiger partial charge in [0.15, 0.2) is 0 Å². The lowest BCUT2D eigenvalue weighted by atomic mass is 9.92. The number of hydrogen-bond donors (Lipinski definition) is 1. The Balaban J connectivity index is 1.84. The molecule has 0 saturated heterocycles. The van der Waals surface area contributed by atoms with E-state index in [4.69, 9.17) is 0 Å². The van der Waals surface area contributed by atoms with E-state index in [9.17, 15) is 0 Å². The predicted octanol–water partition coefficient (Wildman–Crippen LogP) is 3.17. The van der Waals surface area contributed by atoms with Gasteiger partial charge in [0.2, 0.25) is 0 Å². The number of nitrogens with zero attached hydrogens (tertiary/aromatic N) is 3. The van der Waals surface area contributed by atoms with E-state index in [-0.39, 0.29) is 0 Å². The monoisotopic (exact) mass is 258 g/mol. The van der Waals surface area contributed by atoms with Crippen LogP contribution in [-0.2, 0) is 6.54 Å². The van der Waals surface area contributed by atoms with Gasteiger partial charge in [-0.15, -0.1) is 0 Å². The summed E-state index contributed by atoms with van der Waals surface area (Å²) >= 11 is 0. The number of benzene rings is 1. The van der Waals surface area contributed by atoms with E-state index in [1.165, 1.54) is 11.3 Å². The Morgan fingerprint density at radius 3 is 2.47 bits per heavy atom. The molecule has 1 aromatic heterocycles. The summed E-state index contributed by atoms with van der Waals surface area (Å²) in [6.45, 7) is 8.55. The van der Waals surface area contributed by atoms with Crippen molar-refractivity contribution in [2.24, 2.45) is 5.41 Å². The molecule has 1 aromatic carbocycles. The molecule has 19 heavy (non-hydrogen) atoms. The zero-order valence-electron chi connectivity index (χ0n) is 11.9. The SMILES string of the molecule is CC(C)(C)CCNc1ccc(Cn2cncn2)cc1. The number of hydrogen-bond acceptors (Lipinski definition) is 3. The van der Waals surface area contributed by atoms with E-state index in [1.54, 1.807) is 12.7 Å². The molecule has 1 N–H and O–H groups in total. The molecule has 0 radical (unpaired) electrons. The van der Waals surface area contributed by atoms with Gasteiger partial charge in [-0.2, -0.15) is 5.10 Å². The fourth-order valence-electron chi connectivity index (χ4n) is 1.81. The highest BCUT2D eigenvalue weighted by molar-refractivity contribution is 5.44. The Bertz CT molecular complexity index is 480. The van der Waals surface area contributed by atoms with E-state index in [1.807, 2.05) is 4.68 Å². The average molecular weight is 258 g/mol. The minimum Gasteiger partial charge on any atom is -0.385 e. The van der Waals surface area contributed by atoms with Gasteiger partial charge < -0.3 is 5.32 Å². The smallest absolute Gasteiger partial charge is 0.137 e. The van der Waals surface area contributed by atoms with Crippen molar-refractivity contribution in [2.45, 2.75) is 33.7 Å². The van der Waals surface area contributed by atoms with Crippen molar-refractivity contribution >= 4 is 5.69 Å². The Labute approximate surface area is 114 Å². The fourth-order valence-corrected chi connectivity index (χ4v) is 1.81. The van der Waals surface area contributed by atoms with Crippen LogP contribution >= 0.6 is 0 Å². The minimum atomic E-state index is 0.375. The molecule has 2 rings (SSSR count). The van der Waals surface area contributed by atoms with Gasteiger partial charge in [0.25, 0.3) is 0 Å².